The molecule has 1 saturated carbocycles. The second-order valence-electron chi connectivity index (χ2n) is 7.11. The lowest BCUT2D eigenvalue weighted by atomic mass is 9.82. The molecule has 5 heteroatoms. The summed E-state index contributed by atoms with van der Waals surface area (Å²) in [5.74, 6) is -1.29. The van der Waals surface area contributed by atoms with E-state index in [9.17, 15) is 9.59 Å². The van der Waals surface area contributed by atoms with Gasteiger partial charge in [-0.2, -0.15) is 0 Å². The Bertz CT molecular complexity index is 831. The number of esters is 2. The Morgan fingerprint density at radius 3 is 2.07 bits per heavy atom. The van der Waals surface area contributed by atoms with Crippen LogP contribution in [-0.2, 0) is 19.1 Å². The van der Waals surface area contributed by atoms with Crippen molar-refractivity contribution < 1.29 is 19.1 Å². The molecule has 0 saturated heterocycles. The summed E-state index contributed by atoms with van der Waals surface area (Å²) in [6.45, 7) is 4.20. The Morgan fingerprint density at radius 2 is 1.54 bits per heavy atom. The van der Waals surface area contributed by atoms with Gasteiger partial charge in [0.15, 0.2) is 5.41 Å². The second kappa shape index (κ2) is 8.30. The summed E-state index contributed by atoms with van der Waals surface area (Å²) in [6, 6.07) is 19.7. The van der Waals surface area contributed by atoms with Gasteiger partial charge in [0.1, 0.15) is 0 Å². The molecular weight excluding hydrogens is 354 g/mol. The molecule has 0 unspecified atom stereocenters. The molecule has 2 aromatic rings. The van der Waals surface area contributed by atoms with E-state index < -0.39 is 17.4 Å². The summed E-state index contributed by atoms with van der Waals surface area (Å²) in [4.78, 5) is 25.1. The third kappa shape index (κ3) is 3.65. The first-order valence-electron chi connectivity index (χ1n) is 9.23. The molecule has 1 fully saturated rings. The first-order chi connectivity index (χ1) is 13.5. The van der Waals surface area contributed by atoms with Gasteiger partial charge in [0.05, 0.1) is 20.3 Å². The zero-order valence-corrected chi connectivity index (χ0v) is 16.2. The van der Waals surface area contributed by atoms with Gasteiger partial charge in [0.2, 0.25) is 0 Å². The number of methoxy groups -OCH3 is 2. The summed E-state index contributed by atoms with van der Waals surface area (Å²) in [5, 5.41) is 3.55. The fourth-order valence-electron chi connectivity index (χ4n) is 4.04. The maximum absolute atomic E-state index is 12.6. The normalized spacial score (nSPS) is 18.9. The zero-order valence-electron chi connectivity index (χ0n) is 16.2. The Kier molecular flexibility index (Phi) is 5.83. The molecule has 2 aromatic carbocycles. The van der Waals surface area contributed by atoms with Crippen LogP contribution in [0.25, 0.3) is 0 Å². The number of anilines is 1. The minimum absolute atomic E-state index is 0.138. The zero-order chi connectivity index (χ0) is 20.1. The van der Waals surface area contributed by atoms with Crippen LogP contribution in [-0.4, -0.2) is 26.2 Å². The van der Waals surface area contributed by atoms with Gasteiger partial charge in [0, 0.05) is 11.6 Å². The van der Waals surface area contributed by atoms with Crippen LogP contribution in [0.3, 0.4) is 0 Å². The Morgan fingerprint density at radius 1 is 1.00 bits per heavy atom. The summed E-state index contributed by atoms with van der Waals surface area (Å²) in [6.07, 6.45) is 0.501. The van der Waals surface area contributed by atoms with Gasteiger partial charge < -0.3 is 14.8 Å². The summed E-state index contributed by atoms with van der Waals surface area (Å²) in [7, 11) is 2.58. The van der Waals surface area contributed by atoms with Crippen LogP contribution < -0.4 is 5.32 Å². The molecule has 1 aliphatic rings. The number of ether oxygens (including phenoxy) is 2. The van der Waals surface area contributed by atoms with Crippen molar-refractivity contribution in [2.75, 3.05) is 19.5 Å². The van der Waals surface area contributed by atoms with E-state index in [2.05, 4.69) is 11.9 Å². The highest BCUT2D eigenvalue weighted by Crippen LogP contribution is 2.51. The molecule has 0 spiro atoms. The van der Waals surface area contributed by atoms with Crippen LogP contribution >= 0.6 is 0 Å². The van der Waals surface area contributed by atoms with Crippen molar-refractivity contribution in [3.63, 3.8) is 0 Å². The van der Waals surface area contributed by atoms with Gasteiger partial charge in [-0.1, -0.05) is 60.7 Å². The average Bonchev–Trinajstić information content (AvgIpc) is 3.10. The molecule has 0 aromatic heterocycles. The van der Waals surface area contributed by atoms with Crippen molar-refractivity contribution in [2.24, 2.45) is 11.3 Å². The topological polar surface area (TPSA) is 64.6 Å². The molecule has 0 amide bonds. The van der Waals surface area contributed by atoms with E-state index in [0.29, 0.717) is 0 Å². The van der Waals surface area contributed by atoms with Gasteiger partial charge in [-0.3, -0.25) is 9.59 Å². The number of carbonyl (C=O) groups is 2. The van der Waals surface area contributed by atoms with Gasteiger partial charge in [-0.15, -0.1) is 0 Å². The summed E-state index contributed by atoms with van der Waals surface area (Å²) in [5.41, 5.74) is 1.49. The standard InChI is InChI=1S/C23H25NO4/c1-16-14-23(21(25)27-2,22(26)28-3)15-19(16)20(17-10-6-4-7-11-17)24-18-12-8-5-9-13-18/h4-13,19-20,24H,1,14-15H2,2-3H3/t19-,20-/m0/s1. The number of hydrogen-bond donors (Lipinski definition) is 1. The van der Waals surface area contributed by atoms with Gasteiger partial charge in [-0.05, 0) is 30.5 Å². The molecule has 146 valence electrons. The van der Waals surface area contributed by atoms with Crippen molar-refractivity contribution in [3.05, 3.63) is 78.4 Å². The van der Waals surface area contributed by atoms with Gasteiger partial charge in [0.25, 0.3) is 0 Å². The van der Waals surface area contributed by atoms with Crippen LogP contribution in [0.15, 0.2) is 72.8 Å². The van der Waals surface area contributed by atoms with Gasteiger partial charge >= 0.3 is 11.9 Å². The van der Waals surface area contributed by atoms with Crippen molar-refractivity contribution in [1.29, 1.82) is 0 Å². The fourth-order valence-corrected chi connectivity index (χ4v) is 4.04. The van der Waals surface area contributed by atoms with Crippen molar-refractivity contribution in [1.82, 2.24) is 0 Å². The molecule has 0 radical (unpaired) electrons. The molecule has 2 atom stereocenters. The van der Waals surface area contributed by atoms with Gasteiger partial charge in [-0.25, -0.2) is 0 Å². The van der Waals surface area contributed by atoms with E-state index in [1.807, 2.05) is 60.7 Å². The third-order valence-corrected chi connectivity index (χ3v) is 5.43. The highest BCUT2D eigenvalue weighted by molar-refractivity contribution is 6.01. The highest BCUT2D eigenvalue weighted by Gasteiger charge is 2.56. The SMILES string of the molecule is C=C1CC(C(=O)OC)(C(=O)OC)C[C@@H]1[C@@H](Nc1ccccc1)c1ccccc1. The predicted molar refractivity (Wildman–Crippen MR) is 108 cm³/mol. The minimum atomic E-state index is -1.35. The van der Waals surface area contributed by atoms with E-state index in [4.69, 9.17) is 9.47 Å². The van der Waals surface area contributed by atoms with Crippen LogP contribution in [0.2, 0.25) is 0 Å². The fraction of sp³-hybridized carbons (Fsp3) is 0.304. The molecule has 3 rings (SSSR count). The van der Waals surface area contributed by atoms with E-state index in [-0.39, 0.29) is 24.8 Å². The highest BCUT2D eigenvalue weighted by atomic mass is 16.5. The first kappa shape index (κ1) is 19.7. The predicted octanol–water partition coefficient (Wildman–Crippen LogP) is 4.14. The quantitative estimate of drug-likeness (QED) is 0.464. The Balaban J connectivity index is 1.99. The Hall–Kier alpha value is -3.08. The molecular formula is C23H25NO4. The van der Waals surface area contributed by atoms with E-state index in [1.54, 1.807) is 0 Å². The van der Waals surface area contributed by atoms with Crippen molar-refractivity contribution in [3.8, 4) is 0 Å². The lowest BCUT2D eigenvalue weighted by Gasteiger charge is -2.28. The smallest absolute Gasteiger partial charge is 0.323 e. The van der Waals surface area contributed by atoms with Crippen LogP contribution in [0, 0.1) is 11.3 Å². The number of rotatable bonds is 6. The van der Waals surface area contributed by atoms with Crippen LogP contribution in [0.4, 0.5) is 5.69 Å². The lowest BCUT2D eigenvalue weighted by molar-refractivity contribution is -0.168. The molecule has 1 aliphatic carbocycles. The maximum atomic E-state index is 12.6. The molecule has 28 heavy (non-hydrogen) atoms. The van der Waals surface area contributed by atoms with E-state index in [1.165, 1.54) is 14.2 Å². The van der Waals surface area contributed by atoms with Crippen LogP contribution in [0.1, 0.15) is 24.4 Å². The summed E-state index contributed by atoms with van der Waals surface area (Å²) >= 11 is 0. The van der Waals surface area contributed by atoms with E-state index in [0.717, 1.165) is 16.8 Å². The third-order valence-electron chi connectivity index (χ3n) is 5.43. The lowest BCUT2D eigenvalue weighted by Crippen LogP contribution is -2.39. The maximum Gasteiger partial charge on any atom is 0.323 e. The number of para-hydroxylation sites is 1. The monoisotopic (exact) mass is 379 g/mol. The Labute approximate surface area is 165 Å². The van der Waals surface area contributed by atoms with Crippen molar-refractivity contribution >= 4 is 17.6 Å². The number of benzene rings is 2. The number of hydrogen-bond acceptors (Lipinski definition) is 5. The number of nitrogens with one attached hydrogen (secondary N) is 1. The molecule has 0 aliphatic heterocycles. The average molecular weight is 379 g/mol. The summed E-state index contributed by atoms with van der Waals surface area (Å²) < 4.78 is 9.92. The minimum Gasteiger partial charge on any atom is -0.468 e. The molecule has 1 N–H and O–H groups in total. The number of carbonyl (C=O) groups excluding carboxylic acids is 2. The van der Waals surface area contributed by atoms with Crippen LogP contribution in [0.5, 0.6) is 0 Å². The van der Waals surface area contributed by atoms with Crippen molar-refractivity contribution in [2.45, 2.75) is 18.9 Å². The second-order valence-corrected chi connectivity index (χ2v) is 7.11. The molecule has 0 bridgehead atoms. The first-order valence-corrected chi connectivity index (χ1v) is 9.23. The molecule has 0 heterocycles. The molecule has 5 nitrogen and oxygen atoms in total. The largest absolute Gasteiger partial charge is 0.468 e. The van der Waals surface area contributed by atoms with E-state index >= 15 is 0 Å².